The lowest BCUT2D eigenvalue weighted by atomic mass is 10.2. The molecular weight excluding hydrogens is 298 g/mol. The van der Waals surface area contributed by atoms with Crippen molar-refractivity contribution in [2.24, 2.45) is 4.99 Å². The number of rotatable bonds is 5. The van der Waals surface area contributed by atoms with Crippen LogP contribution in [0.3, 0.4) is 0 Å². The molecule has 0 saturated heterocycles. The van der Waals surface area contributed by atoms with Gasteiger partial charge in [0.15, 0.2) is 5.96 Å². The van der Waals surface area contributed by atoms with Gasteiger partial charge in [0.05, 0.1) is 5.69 Å². The van der Waals surface area contributed by atoms with Crippen molar-refractivity contribution in [1.29, 1.82) is 0 Å². The number of nitrogens with one attached hydrogen (secondary N) is 1. The maximum absolute atomic E-state index is 4.84. The van der Waals surface area contributed by atoms with Crippen molar-refractivity contribution < 1.29 is 0 Å². The van der Waals surface area contributed by atoms with Crippen LogP contribution in [-0.4, -0.2) is 35.4 Å². The van der Waals surface area contributed by atoms with Crippen LogP contribution in [-0.2, 0) is 13.0 Å². The van der Waals surface area contributed by atoms with Gasteiger partial charge in [-0.1, -0.05) is 18.2 Å². The first-order valence-electron chi connectivity index (χ1n) is 8.84. The fourth-order valence-corrected chi connectivity index (χ4v) is 3.26. The maximum atomic E-state index is 4.84. The lowest BCUT2D eigenvalue weighted by Crippen LogP contribution is -2.40. The van der Waals surface area contributed by atoms with Crippen LogP contribution >= 0.6 is 0 Å². The Hall–Kier alpha value is -2.30. The quantitative estimate of drug-likeness (QED) is 0.522. The monoisotopic (exact) mass is 325 g/mol. The number of fused-ring (bicyclic) bond motifs is 1. The summed E-state index contributed by atoms with van der Waals surface area (Å²) in [6.45, 7) is 9.87. The molecule has 0 amide bonds. The van der Waals surface area contributed by atoms with E-state index < -0.39 is 0 Å². The van der Waals surface area contributed by atoms with Crippen molar-refractivity contribution in [1.82, 2.24) is 15.1 Å². The summed E-state index contributed by atoms with van der Waals surface area (Å²) >= 11 is 0. The fraction of sp³-hybridized carbons (Fsp3) is 0.474. The zero-order valence-corrected chi connectivity index (χ0v) is 14.9. The number of benzene rings is 1. The van der Waals surface area contributed by atoms with Crippen LogP contribution in [0.5, 0.6) is 0 Å². The molecule has 5 nitrogen and oxygen atoms in total. The number of hydrogen-bond donors (Lipinski definition) is 1. The molecule has 0 unspecified atom stereocenters. The molecule has 0 radical (unpaired) electrons. The van der Waals surface area contributed by atoms with Gasteiger partial charge < -0.3 is 10.2 Å². The van der Waals surface area contributed by atoms with Gasteiger partial charge in [-0.3, -0.25) is 9.67 Å². The van der Waals surface area contributed by atoms with Gasteiger partial charge >= 0.3 is 0 Å². The Labute approximate surface area is 144 Å². The molecule has 1 aliphatic heterocycles. The Morgan fingerprint density at radius 3 is 2.88 bits per heavy atom. The number of hydrogen-bond acceptors (Lipinski definition) is 2. The molecular formula is C19H27N5. The second-order valence-electron chi connectivity index (χ2n) is 6.27. The van der Waals surface area contributed by atoms with Crippen molar-refractivity contribution in [3.05, 3.63) is 47.3 Å². The van der Waals surface area contributed by atoms with E-state index in [0.717, 1.165) is 50.7 Å². The molecule has 1 N–H and O–H groups in total. The highest BCUT2D eigenvalue weighted by Crippen LogP contribution is 2.27. The summed E-state index contributed by atoms with van der Waals surface area (Å²) in [6.07, 6.45) is 2.08. The third-order valence-electron chi connectivity index (χ3n) is 4.37. The van der Waals surface area contributed by atoms with Gasteiger partial charge in [0.25, 0.3) is 0 Å². The van der Waals surface area contributed by atoms with Gasteiger partial charge in [0.1, 0.15) is 0 Å². The standard InChI is InChI=1S/C19H27N5/c1-4-20-19(23-13-10-17-8-5-6-9-18(17)23)21-11-7-12-24-16(3)14-15(2)22-24/h5-6,8-9,14H,4,7,10-13H2,1-3H3,(H,20,21). The van der Waals surface area contributed by atoms with E-state index in [1.54, 1.807) is 0 Å². The van der Waals surface area contributed by atoms with Gasteiger partial charge in [-0.25, -0.2) is 0 Å². The summed E-state index contributed by atoms with van der Waals surface area (Å²) < 4.78 is 2.07. The van der Waals surface area contributed by atoms with Crippen molar-refractivity contribution in [3.8, 4) is 0 Å². The van der Waals surface area contributed by atoms with Crippen molar-refractivity contribution in [2.45, 2.75) is 40.2 Å². The number of guanidine groups is 1. The predicted molar refractivity (Wildman–Crippen MR) is 99.8 cm³/mol. The Kier molecular flexibility index (Phi) is 5.18. The summed E-state index contributed by atoms with van der Waals surface area (Å²) in [5, 5.41) is 7.95. The molecule has 128 valence electrons. The van der Waals surface area contributed by atoms with Crippen LogP contribution < -0.4 is 10.2 Å². The summed E-state index contributed by atoms with van der Waals surface area (Å²) in [5.41, 5.74) is 5.00. The highest BCUT2D eigenvalue weighted by Gasteiger charge is 2.22. The molecule has 0 aliphatic carbocycles. The van der Waals surface area contributed by atoms with E-state index in [4.69, 9.17) is 4.99 Å². The van der Waals surface area contributed by atoms with Gasteiger partial charge in [-0.05, 0) is 51.3 Å². The number of aryl methyl sites for hydroxylation is 3. The molecule has 1 aliphatic rings. The minimum Gasteiger partial charge on any atom is -0.356 e. The van der Waals surface area contributed by atoms with Gasteiger partial charge in [0, 0.05) is 37.6 Å². The topological polar surface area (TPSA) is 45.5 Å². The number of anilines is 1. The predicted octanol–water partition coefficient (Wildman–Crippen LogP) is 2.92. The van der Waals surface area contributed by atoms with E-state index in [1.165, 1.54) is 16.9 Å². The Morgan fingerprint density at radius 1 is 1.29 bits per heavy atom. The number of para-hydroxylation sites is 1. The van der Waals surface area contributed by atoms with Crippen LogP contribution in [0.15, 0.2) is 35.3 Å². The van der Waals surface area contributed by atoms with Crippen molar-refractivity contribution in [3.63, 3.8) is 0 Å². The zero-order chi connectivity index (χ0) is 16.9. The summed E-state index contributed by atoms with van der Waals surface area (Å²) in [4.78, 5) is 7.14. The summed E-state index contributed by atoms with van der Waals surface area (Å²) in [5.74, 6) is 0.996. The number of nitrogens with zero attached hydrogens (tertiary/aromatic N) is 4. The van der Waals surface area contributed by atoms with Gasteiger partial charge in [-0.2, -0.15) is 5.10 Å². The first-order valence-corrected chi connectivity index (χ1v) is 8.84. The van der Waals surface area contributed by atoms with Gasteiger partial charge in [0.2, 0.25) is 0 Å². The van der Waals surface area contributed by atoms with Crippen molar-refractivity contribution in [2.75, 3.05) is 24.5 Å². The first kappa shape index (κ1) is 16.6. The van der Waals surface area contributed by atoms with Gasteiger partial charge in [-0.15, -0.1) is 0 Å². The molecule has 3 rings (SSSR count). The molecule has 0 spiro atoms. The second kappa shape index (κ2) is 7.51. The summed E-state index contributed by atoms with van der Waals surface area (Å²) in [6, 6.07) is 10.7. The fourth-order valence-electron chi connectivity index (χ4n) is 3.26. The summed E-state index contributed by atoms with van der Waals surface area (Å²) in [7, 11) is 0. The van der Waals surface area contributed by atoms with Crippen molar-refractivity contribution >= 4 is 11.6 Å². The normalized spacial score (nSPS) is 14.1. The Morgan fingerprint density at radius 2 is 2.12 bits per heavy atom. The first-order chi connectivity index (χ1) is 11.7. The largest absolute Gasteiger partial charge is 0.356 e. The van der Waals surface area contributed by atoms with E-state index in [2.05, 4.69) is 64.2 Å². The lowest BCUT2D eigenvalue weighted by molar-refractivity contribution is 0.567. The van der Waals surface area contributed by atoms with E-state index in [9.17, 15) is 0 Å². The van der Waals surface area contributed by atoms with E-state index >= 15 is 0 Å². The highest BCUT2D eigenvalue weighted by molar-refractivity contribution is 5.97. The number of aromatic nitrogens is 2. The molecule has 1 aromatic carbocycles. The SMILES string of the molecule is CCNC(=NCCCn1nc(C)cc1C)N1CCc2ccccc21. The van der Waals surface area contributed by atoms with E-state index in [-0.39, 0.29) is 0 Å². The Balaban J connectivity index is 1.63. The second-order valence-corrected chi connectivity index (χ2v) is 6.27. The highest BCUT2D eigenvalue weighted by atomic mass is 15.3. The zero-order valence-electron chi connectivity index (χ0n) is 14.9. The van der Waals surface area contributed by atoms with Crippen LogP contribution in [0, 0.1) is 13.8 Å². The van der Waals surface area contributed by atoms with Crippen LogP contribution in [0.2, 0.25) is 0 Å². The van der Waals surface area contributed by atoms with E-state index in [1.807, 2.05) is 6.92 Å². The molecule has 2 heterocycles. The molecule has 24 heavy (non-hydrogen) atoms. The average Bonchev–Trinajstić information content (AvgIpc) is 3.13. The molecule has 2 aromatic rings. The maximum Gasteiger partial charge on any atom is 0.198 e. The Bertz CT molecular complexity index is 716. The third kappa shape index (κ3) is 3.61. The molecule has 1 aromatic heterocycles. The molecule has 0 fully saturated rings. The molecule has 5 heteroatoms. The molecule has 0 atom stereocenters. The molecule has 0 bridgehead atoms. The minimum absolute atomic E-state index is 0.805. The lowest BCUT2D eigenvalue weighted by Gasteiger charge is -2.22. The smallest absolute Gasteiger partial charge is 0.198 e. The van der Waals surface area contributed by atoms with Crippen LogP contribution in [0.25, 0.3) is 0 Å². The third-order valence-corrected chi connectivity index (χ3v) is 4.37. The average molecular weight is 325 g/mol. The minimum atomic E-state index is 0.805. The van der Waals surface area contributed by atoms with E-state index in [0.29, 0.717) is 0 Å². The molecule has 0 saturated carbocycles. The van der Waals surface area contributed by atoms with Crippen LogP contribution in [0.1, 0.15) is 30.3 Å². The van der Waals surface area contributed by atoms with Crippen LogP contribution in [0.4, 0.5) is 5.69 Å². The number of aliphatic imine (C=N–C) groups is 1.